The van der Waals surface area contributed by atoms with E-state index >= 15 is 0 Å². The summed E-state index contributed by atoms with van der Waals surface area (Å²) in [5, 5.41) is 6.57. The summed E-state index contributed by atoms with van der Waals surface area (Å²) in [6.07, 6.45) is 1.86. The first kappa shape index (κ1) is 17.5. The van der Waals surface area contributed by atoms with E-state index in [4.69, 9.17) is 9.47 Å². The number of benzene rings is 1. The van der Waals surface area contributed by atoms with E-state index in [2.05, 4.69) is 29.1 Å². The maximum absolute atomic E-state index is 5.92. The average Bonchev–Trinajstić information content (AvgIpc) is 2.59. The summed E-state index contributed by atoms with van der Waals surface area (Å²) in [7, 11) is 0. The van der Waals surface area contributed by atoms with Gasteiger partial charge in [0, 0.05) is 24.6 Å². The molecule has 0 bridgehead atoms. The molecule has 23 heavy (non-hydrogen) atoms. The lowest BCUT2D eigenvalue weighted by atomic mass is 10.2. The molecule has 0 aromatic heterocycles. The quantitative estimate of drug-likeness (QED) is 0.330. The van der Waals surface area contributed by atoms with Crippen LogP contribution in [0.3, 0.4) is 0 Å². The minimum absolute atomic E-state index is 0.0597. The van der Waals surface area contributed by atoms with E-state index < -0.39 is 0 Å². The van der Waals surface area contributed by atoms with Crippen LogP contribution in [0.5, 0.6) is 11.5 Å². The second-order valence-electron chi connectivity index (χ2n) is 5.01. The Bertz CT molecular complexity index is 522. The highest BCUT2D eigenvalue weighted by atomic mass is 32.2. The normalized spacial score (nSPS) is 16.7. The molecule has 1 unspecified atom stereocenters. The first-order valence-electron chi connectivity index (χ1n) is 7.92. The number of hydrogen-bond donors (Lipinski definition) is 2. The molecule has 1 aliphatic rings. The first-order valence-corrected chi connectivity index (χ1v) is 9.08. The van der Waals surface area contributed by atoms with Crippen molar-refractivity contribution in [1.82, 2.24) is 10.6 Å². The van der Waals surface area contributed by atoms with Crippen molar-refractivity contribution in [2.75, 3.05) is 37.7 Å². The summed E-state index contributed by atoms with van der Waals surface area (Å²) < 4.78 is 11.6. The fourth-order valence-electron chi connectivity index (χ4n) is 2.10. The fraction of sp³-hybridized carbons (Fsp3) is 0.471. The number of hydrogen-bond acceptors (Lipinski definition) is 4. The van der Waals surface area contributed by atoms with Gasteiger partial charge in [0.05, 0.1) is 6.54 Å². The molecule has 1 atom stereocenters. The van der Waals surface area contributed by atoms with Gasteiger partial charge in [0.15, 0.2) is 23.6 Å². The number of ether oxygens (including phenoxy) is 2. The average molecular weight is 335 g/mol. The molecule has 0 amide bonds. The van der Waals surface area contributed by atoms with Crippen LogP contribution in [-0.2, 0) is 0 Å². The third-order valence-corrected chi connectivity index (χ3v) is 4.10. The van der Waals surface area contributed by atoms with Crippen molar-refractivity contribution in [2.45, 2.75) is 13.0 Å². The standard InChI is InChI=1S/C17H25N3O2S/c1-3-10-23-11-9-19-17(18-4-2)20-12-14-13-21-15-7-5-6-8-16(15)22-14/h3,5-8,14H,1,4,9-13H2,2H3,(H2,18,19,20). The summed E-state index contributed by atoms with van der Waals surface area (Å²) in [5.41, 5.74) is 0. The number of aliphatic imine (C=N–C) groups is 1. The van der Waals surface area contributed by atoms with E-state index in [1.54, 1.807) is 0 Å². The molecule has 1 aromatic carbocycles. The van der Waals surface area contributed by atoms with Crippen LogP contribution in [0.4, 0.5) is 0 Å². The lowest BCUT2D eigenvalue weighted by molar-refractivity contribution is 0.0971. The molecule has 2 rings (SSSR count). The van der Waals surface area contributed by atoms with Gasteiger partial charge < -0.3 is 20.1 Å². The van der Waals surface area contributed by atoms with Gasteiger partial charge in [-0.2, -0.15) is 11.8 Å². The highest BCUT2D eigenvalue weighted by Crippen LogP contribution is 2.30. The second-order valence-corrected chi connectivity index (χ2v) is 6.16. The van der Waals surface area contributed by atoms with Crippen molar-refractivity contribution < 1.29 is 9.47 Å². The molecule has 1 heterocycles. The number of nitrogens with zero attached hydrogens (tertiary/aromatic N) is 1. The minimum atomic E-state index is -0.0597. The number of nitrogens with one attached hydrogen (secondary N) is 2. The van der Waals surface area contributed by atoms with Crippen LogP contribution < -0.4 is 20.1 Å². The van der Waals surface area contributed by atoms with Crippen molar-refractivity contribution >= 4 is 17.7 Å². The zero-order valence-electron chi connectivity index (χ0n) is 13.6. The van der Waals surface area contributed by atoms with Crippen LogP contribution in [0.2, 0.25) is 0 Å². The molecule has 0 saturated carbocycles. The first-order chi connectivity index (χ1) is 11.3. The lowest BCUT2D eigenvalue weighted by Crippen LogP contribution is -2.40. The Labute approximate surface area is 142 Å². The van der Waals surface area contributed by atoms with E-state index in [1.807, 2.05) is 42.1 Å². The van der Waals surface area contributed by atoms with Gasteiger partial charge in [-0.15, -0.1) is 6.58 Å². The molecular weight excluding hydrogens is 310 g/mol. The van der Waals surface area contributed by atoms with Crippen LogP contribution >= 0.6 is 11.8 Å². The largest absolute Gasteiger partial charge is 0.486 e. The van der Waals surface area contributed by atoms with E-state index in [-0.39, 0.29) is 6.10 Å². The molecule has 0 spiro atoms. The number of fused-ring (bicyclic) bond motifs is 1. The Hall–Kier alpha value is -1.82. The molecule has 0 saturated heterocycles. The van der Waals surface area contributed by atoms with Crippen LogP contribution in [-0.4, -0.2) is 49.8 Å². The van der Waals surface area contributed by atoms with Gasteiger partial charge >= 0.3 is 0 Å². The predicted octanol–water partition coefficient (Wildman–Crippen LogP) is 2.30. The van der Waals surface area contributed by atoms with Crippen LogP contribution in [0.25, 0.3) is 0 Å². The maximum atomic E-state index is 5.92. The maximum Gasteiger partial charge on any atom is 0.191 e. The van der Waals surface area contributed by atoms with Crippen molar-refractivity contribution in [3.05, 3.63) is 36.9 Å². The Balaban J connectivity index is 1.79. The van der Waals surface area contributed by atoms with Crippen molar-refractivity contribution in [2.24, 2.45) is 4.99 Å². The molecule has 126 valence electrons. The third-order valence-electron chi connectivity index (χ3n) is 3.14. The van der Waals surface area contributed by atoms with Crippen LogP contribution in [0.15, 0.2) is 41.9 Å². The van der Waals surface area contributed by atoms with Gasteiger partial charge in [-0.05, 0) is 19.1 Å². The molecule has 5 nitrogen and oxygen atoms in total. The van der Waals surface area contributed by atoms with Gasteiger partial charge in [0.25, 0.3) is 0 Å². The topological polar surface area (TPSA) is 54.9 Å². The lowest BCUT2D eigenvalue weighted by Gasteiger charge is -2.25. The molecule has 2 N–H and O–H groups in total. The van der Waals surface area contributed by atoms with Gasteiger partial charge in [-0.25, -0.2) is 4.99 Å². The Morgan fingerprint density at radius 3 is 3.00 bits per heavy atom. The molecule has 0 aliphatic carbocycles. The number of rotatable bonds is 8. The number of para-hydroxylation sites is 2. The number of thioether (sulfide) groups is 1. The van der Waals surface area contributed by atoms with Crippen LogP contribution in [0.1, 0.15) is 6.92 Å². The molecular formula is C17H25N3O2S. The van der Waals surface area contributed by atoms with Crippen molar-refractivity contribution in [3.63, 3.8) is 0 Å². The molecule has 1 aromatic rings. The monoisotopic (exact) mass is 335 g/mol. The third kappa shape index (κ3) is 6.06. The zero-order valence-corrected chi connectivity index (χ0v) is 14.4. The number of guanidine groups is 1. The summed E-state index contributed by atoms with van der Waals surface area (Å²) in [6.45, 7) is 8.55. The van der Waals surface area contributed by atoms with E-state index in [0.717, 1.165) is 42.1 Å². The van der Waals surface area contributed by atoms with Gasteiger partial charge in [-0.3, -0.25) is 0 Å². The zero-order chi connectivity index (χ0) is 16.3. The summed E-state index contributed by atoms with van der Waals surface area (Å²) >= 11 is 1.84. The molecule has 1 aliphatic heterocycles. The molecule has 6 heteroatoms. The summed E-state index contributed by atoms with van der Waals surface area (Å²) in [5.74, 6) is 4.40. The van der Waals surface area contributed by atoms with Gasteiger partial charge in [0.1, 0.15) is 6.61 Å². The predicted molar refractivity (Wildman–Crippen MR) is 97.9 cm³/mol. The van der Waals surface area contributed by atoms with Crippen molar-refractivity contribution in [3.8, 4) is 11.5 Å². The van der Waals surface area contributed by atoms with E-state index in [1.165, 1.54) is 0 Å². The molecule has 0 fully saturated rings. The van der Waals surface area contributed by atoms with Gasteiger partial charge in [-0.1, -0.05) is 18.2 Å². The Morgan fingerprint density at radius 2 is 2.22 bits per heavy atom. The summed E-state index contributed by atoms with van der Waals surface area (Å²) in [6, 6.07) is 7.73. The molecule has 0 radical (unpaired) electrons. The smallest absolute Gasteiger partial charge is 0.191 e. The highest BCUT2D eigenvalue weighted by molar-refractivity contribution is 7.99. The van der Waals surface area contributed by atoms with Gasteiger partial charge in [0.2, 0.25) is 0 Å². The minimum Gasteiger partial charge on any atom is -0.486 e. The Morgan fingerprint density at radius 1 is 1.39 bits per heavy atom. The van der Waals surface area contributed by atoms with Crippen LogP contribution in [0, 0.1) is 0 Å². The second kappa shape index (κ2) is 10.0. The van der Waals surface area contributed by atoms with E-state index in [0.29, 0.717) is 13.2 Å². The van der Waals surface area contributed by atoms with E-state index in [9.17, 15) is 0 Å². The Kier molecular flexibility index (Phi) is 7.66. The summed E-state index contributed by atoms with van der Waals surface area (Å²) in [4.78, 5) is 4.59. The fourth-order valence-corrected chi connectivity index (χ4v) is 2.68. The highest BCUT2D eigenvalue weighted by Gasteiger charge is 2.20. The van der Waals surface area contributed by atoms with Crippen molar-refractivity contribution in [1.29, 1.82) is 0 Å². The SMILES string of the molecule is C=CCSCCNC(=NCC1COc2ccccc2O1)NCC.